The predicted molar refractivity (Wildman–Crippen MR) is 47.8 cm³/mol. The molecule has 88 valence electrons. The molecule has 0 aliphatic carbocycles. The number of carbonyl (C=O) groups excluding carboxylic acids is 1. The van der Waals surface area contributed by atoms with E-state index in [1.54, 1.807) is 0 Å². The highest BCUT2D eigenvalue weighted by molar-refractivity contribution is 6.33. The lowest BCUT2D eigenvalue weighted by Gasteiger charge is -2.11. The van der Waals surface area contributed by atoms with Crippen molar-refractivity contribution in [2.24, 2.45) is 0 Å². The molecule has 0 aromatic heterocycles. The van der Waals surface area contributed by atoms with Crippen LogP contribution in [-0.2, 0) is 10.9 Å². The van der Waals surface area contributed by atoms with Gasteiger partial charge in [-0.2, -0.15) is 13.2 Å². The third kappa shape index (κ3) is 2.27. The molecule has 0 heterocycles. The van der Waals surface area contributed by atoms with Gasteiger partial charge in [0.05, 0.1) is 17.7 Å². The first-order valence-corrected chi connectivity index (χ1v) is 4.30. The summed E-state index contributed by atoms with van der Waals surface area (Å²) in [5, 5.41) is -0.433. The van der Waals surface area contributed by atoms with Gasteiger partial charge in [-0.15, -0.1) is 0 Å². The van der Waals surface area contributed by atoms with E-state index in [9.17, 15) is 22.4 Å². The molecule has 0 aliphatic rings. The second-order valence-electron chi connectivity index (χ2n) is 2.77. The summed E-state index contributed by atoms with van der Waals surface area (Å²) in [6, 6.07) is 1.25. The summed E-state index contributed by atoms with van der Waals surface area (Å²) in [5.74, 6) is -2.99. The van der Waals surface area contributed by atoms with Gasteiger partial charge < -0.3 is 4.74 Å². The van der Waals surface area contributed by atoms with E-state index in [1.165, 1.54) is 0 Å². The number of alkyl halides is 3. The molecule has 0 fully saturated rings. The van der Waals surface area contributed by atoms with Crippen molar-refractivity contribution < 1.29 is 27.1 Å². The number of halogens is 5. The van der Waals surface area contributed by atoms with Gasteiger partial charge in [-0.3, -0.25) is 0 Å². The average Bonchev–Trinajstić information content (AvgIpc) is 2.15. The van der Waals surface area contributed by atoms with Crippen LogP contribution in [0.2, 0.25) is 5.02 Å². The Morgan fingerprint density at radius 3 is 2.38 bits per heavy atom. The van der Waals surface area contributed by atoms with Crippen LogP contribution in [0.1, 0.15) is 15.9 Å². The molecule has 2 nitrogen and oxygen atoms in total. The number of hydrogen-bond donors (Lipinski definition) is 0. The maximum atomic E-state index is 13.4. The number of carbonyl (C=O) groups is 1. The zero-order valence-corrected chi connectivity index (χ0v) is 8.62. The zero-order valence-electron chi connectivity index (χ0n) is 7.86. The summed E-state index contributed by atoms with van der Waals surface area (Å²) in [6.07, 6.45) is -4.89. The van der Waals surface area contributed by atoms with Crippen molar-refractivity contribution in [3.05, 3.63) is 34.1 Å². The first-order valence-electron chi connectivity index (χ1n) is 3.92. The summed E-state index contributed by atoms with van der Waals surface area (Å²) in [7, 11) is 0.915. The molecule has 0 atom stereocenters. The molecule has 0 radical (unpaired) electrons. The van der Waals surface area contributed by atoms with Crippen molar-refractivity contribution in [3.63, 3.8) is 0 Å². The Balaban J connectivity index is 3.45. The number of ether oxygens (including phenoxy) is 1. The lowest BCUT2D eigenvalue weighted by molar-refractivity contribution is -0.140. The fraction of sp³-hybridized carbons (Fsp3) is 0.222. The van der Waals surface area contributed by atoms with Crippen LogP contribution >= 0.6 is 11.6 Å². The second kappa shape index (κ2) is 4.29. The van der Waals surface area contributed by atoms with Crippen LogP contribution in [0.15, 0.2) is 12.1 Å². The maximum Gasteiger partial charge on any atom is 0.419 e. The number of rotatable bonds is 1. The van der Waals surface area contributed by atoms with E-state index < -0.39 is 34.1 Å². The highest BCUT2D eigenvalue weighted by Crippen LogP contribution is 2.34. The van der Waals surface area contributed by atoms with Crippen LogP contribution in [0.3, 0.4) is 0 Å². The van der Waals surface area contributed by atoms with Gasteiger partial charge in [0.2, 0.25) is 0 Å². The maximum absolute atomic E-state index is 13.4. The molecule has 0 bridgehead atoms. The summed E-state index contributed by atoms with van der Waals surface area (Å²) < 4.78 is 54.4. The van der Waals surface area contributed by atoms with Gasteiger partial charge in [0.25, 0.3) is 0 Å². The van der Waals surface area contributed by atoms with Gasteiger partial charge in [0.15, 0.2) is 5.82 Å². The zero-order chi connectivity index (χ0) is 12.5. The van der Waals surface area contributed by atoms with Crippen LogP contribution in [0.25, 0.3) is 0 Å². The molecule has 1 aromatic carbocycles. The van der Waals surface area contributed by atoms with E-state index in [0.717, 1.165) is 13.2 Å². The van der Waals surface area contributed by atoms with Crippen LogP contribution in [0.4, 0.5) is 17.6 Å². The van der Waals surface area contributed by atoms with Crippen molar-refractivity contribution in [1.29, 1.82) is 0 Å². The Morgan fingerprint density at radius 2 is 1.94 bits per heavy atom. The minimum atomic E-state index is -4.89. The highest BCUT2D eigenvalue weighted by atomic mass is 35.5. The lowest BCUT2D eigenvalue weighted by Crippen LogP contribution is -2.13. The predicted octanol–water partition coefficient (Wildman–Crippen LogP) is 3.28. The fourth-order valence-corrected chi connectivity index (χ4v) is 1.28. The molecule has 1 rings (SSSR count). The standard InChI is InChI=1S/C9H5ClF4O2/c1-16-8(15)6-5(10)3-2-4(7(6)11)9(12,13)14/h2-3H,1H3. The minimum Gasteiger partial charge on any atom is -0.465 e. The Morgan fingerprint density at radius 1 is 1.38 bits per heavy atom. The molecule has 0 saturated heterocycles. The monoisotopic (exact) mass is 256 g/mol. The van der Waals surface area contributed by atoms with Crippen molar-refractivity contribution in [2.45, 2.75) is 6.18 Å². The van der Waals surface area contributed by atoms with E-state index in [-0.39, 0.29) is 0 Å². The van der Waals surface area contributed by atoms with Crippen molar-refractivity contribution in [1.82, 2.24) is 0 Å². The number of esters is 1. The number of methoxy groups -OCH3 is 1. The molecule has 16 heavy (non-hydrogen) atoms. The van der Waals surface area contributed by atoms with Crippen molar-refractivity contribution in [2.75, 3.05) is 7.11 Å². The van der Waals surface area contributed by atoms with Crippen LogP contribution in [-0.4, -0.2) is 13.1 Å². The highest BCUT2D eigenvalue weighted by Gasteiger charge is 2.36. The van der Waals surface area contributed by atoms with Crippen LogP contribution in [0.5, 0.6) is 0 Å². The van der Waals surface area contributed by atoms with E-state index in [2.05, 4.69) is 4.74 Å². The Labute approximate surface area is 92.8 Å². The molecule has 0 amide bonds. The van der Waals surface area contributed by atoms with E-state index >= 15 is 0 Å². The van der Waals surface area contributed by atoms with Crippen molar-refractivity contribution >= 4 is 17.6 Å². The van der Waals surface area contributed by atoms with Crippen LogP contribution in [0, 0.1) is 5.82 Å². The molecule has 0 N–H and O–H groups in total. The summed E-state index contributed by atoms with van der Waals surface area (Å²) in [4.78, 5) is 11.0. The SMILES string of the molecule is COC(=O)c1c(Cl)ccc(C(F)(F)F)c1F. The summed E-state index contributed by atoms with van der Waals surface area (Å²) in [5.41, 5.74) is -2.48. The van der Waals surface area contributed by atoms with Gasteiger partial charge >= 0.3 is 12.1 Å². The first kappa shape index (κ1) is 12.8. The molecule has 1 aromatic rings. The first-order chi connectivity index (χ1) is 7.29. The normalized spacial score (nSPS) is 11.4. The Kier molecular flexibility index (Phi) is 3.42. The van der Waals surface area contributed by atoms with Gasteiger partial charge in [0.1, 0.15) is 5.56 Å². The second-order valence-corrected chi connectivity index (χ2v) is 3.18. The smallest absolute Gasteiger partial charge is 0.419 e. The minimum absolute atomic E-state index is 0.433. The Hall–Kier alpha value is -1.30. The van der Waals surface area contributed by atoms with Crippen LogP contribution < -0.4 is 0 Å². The largest absolute Gasteiger partial charge is 0.465 e. The third-order valence-electron chi connectivity index (χ3n) is 1.79. The molecule has 0 saturated carbocycles. The molecule has 7 heteroatoms. The molecular weight excluding hydrogens is 252 g/mol. The van der Waals surface area contributed by atoms with Gasteiger partial charge in [-0.25, -0.2) is 9.18 Å². The molecule has 0 aliphatic heterocycles. The van der Waals surface area contributed by atoms with Gasteiger partial charge in [-0.1, -0.05) is 11.6 Å². The van der Waals surface area contributed by atoms with Crippen molar-refractivity contribution in [3.8, 4) is 0 Å². The van der Waals surface area contributed by atoms with E-state index in [0.29, 0.717) is 6.07 Å². The number of hydrogen-bond acceptors (Lipinski definition) is 2. The fourth-order valence-electron chi connectivity index (χ4n) is 1.06. The van der Waals surface area contributed by atoms with E-state index in [4.69, 9.17) is 11.6 Å². The number of benzene rings is 1. The average molecular weight is 257 g/mol. The molecule has 0 unspecified atom stereocenters. The lowest BCUT2D eigenvalue weighted by atomic mass is 10.1. The Bertz CT molecular complexity index is 428. The molecular formula is C9H5ClF4O2. The molecule has 0 spiro atoms. The summed E-state index contributed by atoms with van der Waals surface area (Å²) in [6.45, 7) is 0. The topological polar surface area (TPSA) is 26.3 Å². The van der Waals surface area contributed by atoms with Gasteiger partial charge in [0, 0.05) is 0 Å². The quantitative estimate of drug-likeness (QED) is 0.569. The van der Waals surface area contributed by atoms with E-state index in [1.807, 2.05) is 0 Å². The third-order valence-corrected chi connectivity index (χ3v) is 2.10. The van der Waals surface area contributed by atoms with Gasteiger partial charge in [-0.05, 0) is 12.1 Å². The summed E-state index contributed by atoms with van der Waals surface area (Å²) >= 11 is 5.42.